The van der Waals surface area contributed by atoms with E-state index in [1.807, 2.05) is 0 Å². The van der Waals surface area contributed by atoms with Gasteiger partial charge in [-0.25, -0.2) is 0 Å². The molecule has 0 radical (unpaired) electrons. The minimum Gasteiger partial charge on any atom is -0.507 e. The summed E-state index contributed by atoms with van der Waals surface area (Å²) in [5.74, 6) is -4.40. The predicted molar refractivity (Wildman–Crippen MR) is 103 cm³/mol. The summed E-state index contributed by atoms with van der Waals surface area (Å²) < 4.78 is 0. The first-order valence-electron chi connectivity index (χ1n) is 8.61. The molecule has 0 unspecified atom stereocenters. The monoisotopic (exact) mass is 427 g/mol. The predicted octanol–water partition coefficient (Wildman–Crippen LogP) is 2.01. The summed E-state index contributed by atoms with van der Waals surface area (Å²) in [6, 6.07) is 7.90. The van der Waals surface area contributed by atoms with Gasteiger partial charge in [0.2, 0.25) is 0 Å². The zero-order valence-corrected chi connectivity index (χ0v) is 15.5. The number of non-ortho nitro benzene ring substituents is 2. The van der Waals surface area contributed by atoms with E-state index < -0.39 is 51.4 Å². The number of benzene rings is 2. The zero-order valence-electron chi connectivity index (χ0n) is 15.5. The molecule has 0 aromatic heterocycles. The maximum atomic E-state index is 12.6. The average Bonchev–Trinajstić information content (AvgIpc) is 2.97. The van der Waals surface area contributed by atoms with Crippen molar-refractivity contribution in [2.75, 3.05) is 6.54 Å². The number of carboxylic acids is 1. The molecule has 0 saturated carbocycles. The first-order chi connectivity index (χ1) is 14.6. The van der Waals surface area contributed by atoms with Gasteiger partial charge in [-0.15, -0.1) is 0 Å². The number of aliphatic hydroxyl groups is 1. The summed E-state index contributed by atoms with van der Waals surface area (Å²) in [5.41, 5.74) is -0.821. The van der Waals surface area contributed by atoms with Crippen LogP contribution in [-0.2, 0) is 14.4 Å². The number of Topliss-reactive ketones (excluding diaryl/α,β-unsaturated/α-hetero) is 1. The van der Waals surface area contributed by atoms with E-state index in [1.54, 1.807) is 0 Å². The van der Waals surface area contributed by atoms with Crippen LogP contribution in [0.1, 0.15) is 17.2 Å². The lowest BCUT2D eigenvalue weighted by molar-refractivity contribution is -0.385. The Hall–Kier alpha value is -4.61. The number of carbonyl (C=O) groups is 3. The Morgan fingerprint density at radius 1 is 0.903 bits per heavy atom. The maximum absolute atomic E-state index is 12.6. The molecule has 158 valence electrons. The Morgan fingerprint density at radius 2 is 1.39 bits per heavy atom. The molecule has 1 atom stereocenters. The Morgan fingerprint density at radius 3 is 1.84 bits per heavy atom. The number of nitro groups is 2. The van der Waals surface area contributed by atoms with Crippen LogP contribution < -0.4 is 0 Å². The van der Waals surface area contributed by atoms with E-state index in [9.17, 15) is 39.7 Å². The molecule has 2 N–H and O–H groups in total. The molecule has 1 fully saturated rings. The lowest BCUT2D eigenvalue weighted by Crippen LogP contribution is -2.34. The van der Waals surface area contributed by atoms with Crippen LogP contribution in [0, 0.1) is 20.2 Å². The molecule has 0 aliphatic carbocycles. The number of nitro benzene ring substituents is 2. The average molecular weight is 427 g/mol. The molecule has 0 spiro atoms. The molecule has 0 bridgehead atoms. The first kappa shape index (κ1) is 21.1. The molecule has 12 heteroatoms. The Balaban J connectivity index is 2.16. The molecule has 2 aromatic carbocycles. The topological polar surface area (TPSA) is 181 Å². The van der Waals surface area contributed by atoms with Crippen molar-refractivity contribution in [1.82, 2.24) is 4.90 Å². The second-order valence-corrected chi connectivity index (χ2v) is 6.47. The molecule has 1 heterocycles. The fourth-order valence-corrected chi connectivity index (χ4v) is 3.21. The van der Waals surface area contributed by atoms with E-state index in [-0.39, 0.29) is 22.5 Å². The lowest BCUT2D eigenvalue weighted by Gasteiger charge is -2.23. The van der Waals surface area contributed by atoms with Crippen molar-refractivity contribution >= 4 is 34.8 Å². The van der Waals surface area contributed by atoms with Crippen molar-refractivity contribution in [3.63, 3.8) is 0 Å². The number of ketones is 1. The molecule has 12 nitrogen and oxygen atoms in total. The number of rotatable bonds is 6. The van der Waals surface area contributed by atoms with Crippen LogP contribution in [0.15, 0.2) is 54.1 Å². The van der Waals surface area contributed by atoms with E-state index >= 15 is 0 Å². The van der Waals surface area contributed by atoms with Crippen LogP contribution in [-0.4, -0.2) is 49.2 Å². The van der Waals surface area contributed by atoms with Gasteiger partial charge in [0, 0.05) is 29.8 Å². The van der Waals surface area contributed by atoms with E-state index in [0.717, 1.165) is 29.2 Å². The second-order valence-electron chi connectivity index (χ2n) is 6.47. The Kier molecular flexibility index (Phi) is 5.46. The standard InChI is InChI=1S/C19H13N3O9/c23-14(24)9-20-16(10-1-5-12(6-2-10)21(28)29)15(18(26)19(20)27)17(25)11-3-7-13(8-4-11)22(30)31/h1-8,16,25H,9H2,(H,23,24)/b17-15+/t16-/m1/s1. The molecule has 1 saturated heterocycles. The minimum atomic E-state index is -1.41. The van der Waals surface area contributed by atoms with Crippen molar-refractivity contribution in [3.05, 3.63) is 85.5 Å². The number of aliphatic hydroxyl groups excluding tert-OH is 1. The third-order valence-electron chi connectivity index (χ3n) is 4.62. The summed E-state index contributed by atoms with van der Waals surface area (Å²) >= 11 is 0. The number of amides is 1. The highest BCUT2D eigenvalue weighted by molar-refractivity contribution is 6.46. The van der Waals surface area contributed by atoms with Crippen LogP contribution in [0.25, 0.3) is 5.76 Å². The van der Waals surface area contributed by atoms with E-state index in [1.165, 1.54) is 24.3 Å². The van der Waals surface area contributed by atoms with E-state index in [0.29, 0.717) is 0 Å². The largest absolute Gasteiger partial charge is 0.507 e. The maximum Gasteiger partial charge on any atom is 0.323 e. The molecule has 1 amide bonds. The van der Waals surface area contributed by atoms with E-state index in [4.69, 9.17) is 5.11 Å². The van der Waals surface area contributed by atoms with Crippen LogP contribution in [0.5, 0.6) is 0 Å². The number of nitrogens with zero attached hydrogens (tertiary/aromatic N) is 3. The fraction of sp³-hybridized carbons (Fsp3) is 0.105. The third kappa shape index (κ3) is 3.94. The number of hydrogen-bond acceptors (Lipinski definition) is 8. The van der Waals surface area contributed by atoms with Gasteiger partial charge < -0.3 is 15.1 Å². The van der Waals surface area contributed by atoms with Crippen molar-refractivity contribution in [1.29, 1.82) is 0 Å². The number of aliphatic carboxylic acids is 1. The molecule has 3 rings (SSSR count). The van der Waals surface area contributed by atoms with Gasteiger partial charge in [0.15, 0.2) is 0 Å². The molecule has 2 aromatic rings. The van der Waals surface area contributed by atoms with Crippen LogP contribution in [0.2, 0.25) is 0 Å². The third-order valence-corrected chi connectivity index (χ3v) is 4.62. The van der Waals surface area contributed by atoms with Crippen LogP contribution in [0.4, 0.5) is 11.4 Å². The first-order valence-corrected chi connectivity index (χ1v) is 8.61. The number of likely N-dealkylation sites (tertiary alicyclic amines) is 1. The summed E-state index contributed by atoms with van der Waals surface area (Å²) in [7, 11) is 0. The molecular formula is C19H13N3O9. The Labute approximate surface area is 172 Å². The molecule has 31 heavy (non-hydrogen) atoms. The number of carboxylic acid groups (broad SMARTS) is 1. The van der Waals surface area contributed by atoms with Crippen LogP contribution >= 0.6 is 0 Å². The van der Waals surface area contributed by atoms with Gasteiger partial charge in [0.25, 0.3) is 23.1 Å². The van der Waals surface area contributed by atoms with Crippen molar-refractivity contribution < 1.29 is 34.4 Å². The summed E-state index contributed by atoms with van der Waals surface area (Å²) in [6.45, 7) is -0.858. The number of carbonyl (C=O) groups excluding carboxylic acids is 2. The summed E-state index contributed by atoms with van der Waals surface area (Å²) in [6.07, 6.45) is 0. The lowest BCUT2D eigenvalue weighted by atomic mass is 9.95. The Bertz CT molecular complexity index is 1140. The highest BCUT2D eigenvalue weighted by atomic mass is 16.6. The van der Waals surface area contributed by atoms with Gasteiger partial charge in [-0.2, -0.15) is 0 Å². The van der Waals surface area contributed by atoms with Crippen molar-refractivity contribution in [2.24, 2.45) is 0 Å². The van der Waals surface area contributed by atoms with Gasteiger partial charge in [0.1, 0.15) is 12.3 Å². The fourth-order valence-electron chi connectivity index (χ4n) is 3.21. The normalized spacial score (nSPS) is 17.5. The van der Waals surface area contributed by atoms with E-state index in [2.05, 4.69) is 0 Å². The van der Waals surface area contributed by atoms with Crippen LogP contribution in [0.3, 0.4) is 0 Å². The van der Waals surface area contributed by atoms with Gasteiger partial charge >= 0.3 is 5.97 Å². The highest BCUT2D eigenvalue weighted by Crippen LogP contribution is 2.39. The highest BCUT2D eigenvalue weighted by Gasteiger charge is 2.46. The van der Waals surface area contributed by atoms with Gasteiger partial charge in [-0.3, -0.25) is 34.6 Å². The number of hydrogen-bond donors (Lipinski definition) is 2. The van der Waals surface area contributed by atoms with Crippen molar-refractivity contribution in [3.8, 4) is 0 Å². The summed E-state index contributed by atoms with van der Waals surface area (Å²) in [5, 5.41) is 41.6. The van der Waals surface area contributed by atoms with Gasteiger partial charge in [-0.05, 0) is 29.8 Å². The van der Waals surface area contributed by atoms with Gasteiger partial charge in [0.05, 0.1) is 21.5 Å². The quantitative estimate of drug-likeness (QED) is 0.229. The molecule has 1 aliphatic rings. The molecular weight excluding hydrogens is 414 g/mol. The smallest absolute Gasteiger partial charge is 0.323 e. The second kappa shape index (κ2) is 8.02. The minimum absolute atomic E-state index is 0.00848. The van der Waals surface area contributed by atoms with Gasteiger partial charge in [-0.1, -0.05) is 0 Å². The van der Waals surface area contributed by atoms with Crippen molar-refractivity contribution in [2.45, 2.75) is 6.04 Å². The SMILES string of the molecule is O=C(O)CN1C(=O)C(=O)/C(=C(/O)c2ccc([N+](=O)[O-])cc2)[C@H]1c1ccc([N+](=O)[O-])cc1. The molecule has 1 aliphatic heterocycles. The zero-order chi connectivity index (χ0) is 22.9. The summed E-state index contributed by atoms with van der Waals surface area (Å²) in [4.78, 5) is 57.4.